The summed E-state index contributed by atoms with van der Waals surface area (Å²) in [6.45, 7) is 7.40. The molecular formula is C18H24N4O3. The second-order valence-corrected chi connectivity index (χ2v) is 7.26. The summed E-state index contributed by atoms with van der Waals surface area (Å²) in [7, 11) is 0. The van der Waals surface area contributed by atoms with Gasteiger partial charge in [0.25, 0.3) is 11.6 Å². The quantitative estimate of drug-likeness (QED) is 0.913. The predicted molar refractivity (Wildman–Crippen MR) is 92.6 cm³/mol. The molecular weight excluding hydrogens is 320 g/mol. The fraction of sp³-hybridized carbons (Fsp3) is 0.611. The van der Waals surface area contributed by atoms with Crippen molar-refractivity contribution in [1.29, 1.82) is 0 Å². The topological polar surface area (TPSA) is 80.5 Å². The Morgan fingerprint density at radius 3 is 3.20 bits per heavy atom. The molecule has 2 saturated heterocycles. The van der Waals surface area contributed by atoms with Gasteiger partial charge >= 0.3 is 0 Å². The minimum atomic E-state index is -0.141. The summed E-state index contributed by atoms with van der Waals surface area (Å²) in [5.41, 5.74) is 1.82. The maximum absolute atomic E-state index is 12.5. The zero-order valence-electron chi connectivity index (χ0n) is 14.7. The molecule has 2 fully saturated rings. The molecule has 2 atom stereocenters. The molecule has 134 valence electrons. The van der Waals surface area contributed by atoms with Gasteiger partial charge in [0.2, 0.25) is 0 Å². The Kier molecular flexibility index (Phi) is 4.43. The highest BCUT2D eigenvalue weighted by Crippen LogP contribution is 2.24. The first kappa shape index (κ1) is 16.5. The van der Waals surface area contributed by atoms with Crippen LogP contribution in [-0.2, 0) is 4.74 Å². The second kappa shape index (κ2) is 6.72. The van der Waals surface area contributed by atoms with Crippen LogP contribution in [0.25, 0.3) is 11.1 Å². The summed E-state index contributed by atoms with van der Waals surface area (Å²) in [5, 5.41) is 7.83. The molecule has 0 radical (unpaired) electrons. The Balaban J connectivity index is 1.41. The van der Waals surface area contributed by atoms with Crippen LogP contribution in [0.3, 0.4) is 0 Å². The monoisotopic (exact) mass is 344 g/mol. The van der Waals surface area contributed by atoms with E-state index in [9.17, 15) is 4.79 Å². The first-order valence-electron chi connectivity index (χ1n) is 9.01. The summed E-state index contributed by atoms with van der Waals surface area (Å²) in [6.07, 6.45) is 4.06. The number of nitrogens with one attached hydrogen (secondary N) is 1. The maximum atomic E-state index is 12.5. The minimum absolute atomic E-state index is 0.0526. The number of amides is 1. The van der Waals surface area contributed by atoms with Crippen LogP contribution in [0.1, 0.15) is 48.7 Å². The van der Waals surface area contributed by atoms with Crippen molar-refractivity contribution in [3.63, 3.8) is 0 Å². The summed E-state index contributed by atoms with van der Waals surface area (Å²) < 4.78 is 11.1. The Labute approximate surface area is 146 Å². The fourth-order valence-corrected chi connectivity index (χ4v) is 3.71. The lowest BCUT2D eigenvalue weighted by molar-refractivity contribution is -0.0461. The molecule has 1 amide bonds. The molecule has 0 aromatic carbocycles. The van der Waals surface area contributed by atoms with Crippen molar-refractivity contribution in [3.8, 4) is 0 Å². The van der Waals surface area contributed by atoms with Crippen LogP contribution >= 0.6 is 0 Å². The van der Waals surface area contributed by atoms with Gasteiger partial charge in [-0.2, -0.15) is 0 Å². The van der Waals surface area contributed by atoms with Crippen molar-refractivity contribution < 1.29 is 14.1 Å². The third kappa shape index (κ3) is 3.26. The standard InChI is InChI=1S/C18H24N4O3/c1-11(2)16-15-6-12(7-20-18(15)25-21-16)17(23)19-8-14-9-22-5-3-4-13(22)10-24-14/h6-7,11,13-14H,3-5,8-10H2,1-2H3,(H,19,23). The number of carbonyl (C=O) groups is 1. The third-order valence-electron chi connectivity index (χ3n) is 5.12. The summed E-state index contributed by atoms with van der Waals surface area (Å²) >= 11 is 0. The van der Waals surface area contributed by atoms with E-state index in [1.165, 1.54) is 19.0 Å². The Hall–Kier alpha value is -1.99. The lowest BCUT2D eigenvalue weighted by Crippen LogP contribution is -2.50. The van der Waals surface area contributed by atoms with Crippen molar-refractivity contribution in [1.82, 2.24) is 20.4 Å². The fourth-order valence-electron chi connectivity index (χ4n) is 3.71. The number of hydrogen-bond acceptors (Lipinski definition) is 6. The molecule has 4 rings (SSSR count). The molecule has 2 aliphatic heterocycles. The molecule has 2 aromatic rings. The van der Waals surface area contributed by atoms with E-state index in [2.05, 4.69) is 20.4 Å². The van der Waals surface area contributed by atoms with Gasteiger partial charge in [-0.25, -0.2) is 4.98 Å². The maximum Gasteiger partial charge on any atom is 0.257 e. The lowest BCUT2D eigenvalue weighted by Gasteiger charge is -2.35. The predicted octanol–water partition coefficient (Wildman–Crippen LogP) is 1.94. The highest BCUT2D eigenvalue weighted by Gasteiger charge is 2.32. The van der Waals surface area contributed by atoms with Gasteiger partial charge in [0, 0.05) is 25.3 Å². The minimum Gasteiger partial charge on any atom is -0.373 e. The van der Waals surface area contributed by atoms with Crippen LogP contribution in [0, 0.1) is 0 Å². The van der Waals surface area contributed by atoms with Crippen molar-refractivity contribution in [2.24, 2.45) is 0 Å². The molecule has 1 N–H and O–H groups in total. The molecule has 0 saturated carbocycles. The van der Waals surface area contributed by atoms with Crippen molar-refractivity contribution in [3.05, 3.63) is 23.5 Å². The highest BCUT2D eigenvalue weighted by molar-refractivity contribution is 5.97. The van der Waals surface area contributed by atoms with Crippen molar-refractivity contribution in [2.75, 3.05) is 26.2 Å². The van der Waals surface area contributed by atoms with E-state index in [1.54, 1.807) is 0 Å². The normalized spacial score (nSPS) is 24.0. The van der Waals surface area contributed by atoms with E-state index in [1.807, 2.05) is 19.9 Å². The second-order valence-electron chi connectivity index (χ2n) is 7.26. The zero-order valence-corrected chi connectivity index (χ0v) is 14.7. The van der Waals surface area contributed by atoms with Crippen LogP contribution in [0.5, 0.6) is 0 Å². The van der Waals surface area contributed by atoms with E-state index in [-0.39, 0.29) is 17.9 Å². The molecule has 4 heterocycles. The molecule has 7 heteroatoms. The molecule has 0 spiro atoms. The van der Waals surface area contributed by atoms with Gasteiger partial charge in [-0.15, -0.1) is 0 Å². The van der Waals surface area contributed by atoms with E-state index >= 15 is 0 Å². The first-order valence-corrected chi connectivity index (χ1v) is 9.01. The van der Waals surface area contributed by atoms with E-state index < -0.39 is 0 Å². The number of morpholine rings is 1. The highest BCUT2D eigenvalue weighted by atomic mass is 16.5. The summed E-state index contributed by atoms with van der Waals surface area (Å²) in [6, 6.07) is 2.38. The van der Waals surface area contributed by atoms with Crippen molar-refractivity contribution >= 4 is 17.0 Å². The number of carbonyl (C=O) groups excluding carboxylic acids is 1. The Morgan fingerprint density at radius 1 is 1.48 bits per heavy atom. The van der Waals surface area contributed by atoms with Gasteiger partial charge in [0.1, 0.15) is 0 Å². The smallest absolute Gasteiger partial charge is 0.257 e. The largest absolute Gasteiger partial charge is 0.373 e. The van der Waals surface area contributed by atoms with Crippen LogP contribution in [-0.4, -0.2) is 59.3 Å². The van der Waals surface area contributed by atoms with Crippen LogP contribution in [0.2, 0.25) is 0 Å². The number of ether oxygens (including phenoxy) is 1. The number of nitrogens with zero attached hydrogens (tertiary/aromatic N) is 3. The lowest BCUT2D eigenvalue weighted by atomic mass is 10.1. The summed E-state index contributed by atoms with van der Waals surface area (Å²) in [4.78, 5) is 19.2. The van der Waals surface area contributed by atoms with Gasteiger partial charge in [0.15, 0.2) is 0 Å². The van der Waals surface area contributed by atoms with Crippen LogP contribution in [0.15, 0.2) is 16.8 Å². The SMILES string of the molecule is CC(C)c1noc2ncc(C(=O)NCC3CN4CCCC4CO3)cc12. The molecule has 2 unspecified atom stereocenters. The van der Waals surface area contributed by atoms with E-state index in [4.69, 9.17) is 9.26 Å². The average Bonchev–Trinajstić information content (AvgIpc) is 3.24. The molecule has 25 heavy (non-hydrogen) atoms. The van der Waals surface area contributed by atoms with E-state index in [0.29, 0.717) is 23.9 Å². The first-order chi connectivity index (χ1) is 12.1. The van der Waals surface area contributed by atoms with Crippen LogP contribution < -0.4 is 5.32 Å². The van der Waals surface area contributed by atoms with Gasteiger partial charge in [-0.05, 0) is 31.4 Å². The van der Waals surface area contributed by atoms with Gasteiger partial charge in [0.05, 0.1) is 29.4 Å². The summed E-state index contributed by atoms with van der Waals surface area (Å²) in [5.74, 6) is 0.0721. The van der Waals surface area contributed by atoms with E-state index in [0.717, 1.165) is 30.8 Å². The molecule has 0 bridgehead atoms. The molecule has 2 aromatic heterocycles. The average molecular weight is 344 g/mol. The number of aromatic nitrogens is 2. The number of fused-ring (bicyclic) bond motifs is 2. The third-order valence-corrected chi connectivity index (χ3v) is 5.12. The molecule has 2 aliphatic rings. The number of hydrogen-bond donors (Lipinski definition) is 1. The Morgan fingerprint density at radius 2 is 2.36 bits per heavy atom. The van der Waals surface area contributed by atoms with Gasteiger partial charge in [-0.1, -0.05) is 19.0 Å². The van der Waals surface area contributed by atoms with Gasteiger partial charge in [-0.3, -0.25) is 9.69 Å². The zero-order chi connectivity index (χ0) is 17.4. The van der Waals surface area contributed by atoms with Gasteiger partial charge < -0.3 is 14.6 Å². The number of pyridine rings is 1. The molecule has 0 aliphatic carbocycles. The Bertz CT molecular complexity index is 773. The van der Waals surface area contributed by atoms with Crippen LogP contribution in [0.4, 0.5) is 0 Å². The molecule has 7 nitrogen and oxygen atoms in total. The van der Waals surface area contributed by atoms with Crippen molar-refractivity contribution in [2.45, 2.75) is 44.8 Å². The number of rotatable bonds is 4.